The van der Waals surface area contributed by atoms with Gasteiger partial charge in [-0.2, -0.15) is 0 Å². The number of benzene rings is 1. The lowest BCUT2D eigenvalue weighted by molar-refractivity contribution is -0.157. The molecule has 1 saturated heterocycles. The van der Waals surface area contributed by atoms with E-state index in [1.165, 1.54) is 11.9 Å². The predicted molar refractivity (Wildman–Crippen MR) is 163 cm³/mol. The summed E-state index contributed by atoms with van der Waals surface area (Å²) < 4.78 is 30.6. The Kier molecular flexibility index (Phi) is 9.64. The molecular weight excluding hydrogens is 586 g/mol. The van der Waals surface area contributed by atoms with Gasteiger partial charge >= 0.3 is 5.97 Å². The number of nitrogens with one attached hydrogen (secondary N) is 3. The summed E-state index contributed by atoms with van der Waals surface area (Å²) in [5, 5.41) is 7.90. The van der Waals surface area contributed by atoms with Crippen LogP contribution in [0.2, 0.25) is 0 Å². The van der Waals surface area contributed by atoms with E-state index in [0.29, 0.717) is 37.9 Å². The Morgan fingerprint density at radius 3 is 2.45 bits per heavy atom. The molecule has 1 aromatic heterocycles. The third-order valence-corrected chi connectivity index (χ3v) is 9.81. The number of sulfone groups is 1. The molecule has 3 aliphatic rings. The van der Waals surface area contributed by atoms with Gasteiger partial charge in [0.05, 0.1) is 35.2 Å². The normalized spacial score (nSPS) is 28.5. The van der Waals surface area contributed by atoms with Crippen LogP contribution in [0.4, 0.5) is 0 Å². The monoisotopic (exact) mass is 625 g/mol. The van der Waals surface area contributed by atoms with E-state index in [4.69, 9.17) is 9.72 Å². The van der Waals surface area contributed by atoms with Crippen molar-refractivity contribution in [3.05, 3.63) is 47.7 Å². The van der Waals surface area contributed by atoms with Crippen LogP contribution < -0.4 is 16.1 Å². The van der Waals surface area contributed by atoms with Crippen LogP contribution in [0.15, 0.2) is 36.4 Å². The number of hydrogen-bond acceptors (Lipinski definition) is 9. The van der Waals surface area contributed by atoms with Crippen molar-refractivity contribution in [1.29, 1.82) is 0 Å². The molecule has 3 amide bonds. The zero-order valence-corrected chi connectivity index (χ0v) is 25.8. The Hall–Kier alpha value is -3.84. The van der Waals surface area contributed by atoms with E-state index in [1.54, 1.807) is 6.08 Å². The van der Waals surface area contributed by atoms with Crippen LogP contribution in [0, 0.1) is 5.92 Å². The maximum Gasteiger partial charge on any atom is 0.307 e. The minimum atomic E-state index is -3.54. The van der Waals surface area contributed by atoms with Crippen LogP contribution >= 0.6 is 0 Å². The predicted octanol–water partition coefficient (Wildman–Crippen LogP) is 1.96. The number of amides is 3. The molecular formula is C31H39N5O7S. The van der Waals surface area contributed by atoms with Gasteiger partial charge in [0, 0.05) is 17.8 Å². The van der Waals surface area contributed by atoms with Crippen molar-refractivity contribution in [1.82, 2.24) is 26.1 Å². The molecule has 4 atom stereocenters. The van der Waals surface area contributed by atoms with E-state index < -0.39 is 51.9 Å². The number of allylic oxidation sites excluding steroid dienone is 1. The van der Waals surface area contributed by atoms with Gasteiger partial charge in [-0.1, -0.05) is 30.4 Å². The number of cyclic esters (lactones) is 1. The molecule has 3 N–H and O–H groups in total. The molecule has 44 heavy (non-hydrogen) atoms. The van der Waals surface area contributed by atoms with E-state index in [9.17, 15) is 27.6 Å². The number of carbonyl (C=O) groups is 4. The molecule has 1 saturated carbocycles. The average Bonchev–Trinajstić information content (AvgIpc) is 3.85. The second-order valence-electron chi connectivity index (χ2n) is 11.8. The number of nitrogens with zero attached hydrogens (tertiary/aromatic N) is 2. The second kappa shape index (κ2) is 13.4. The minimum absolute atomic E-state index is 0.137. The van der Waals surface area contributed by atoms with Gasteiger partial charge in [-0.3, -0.25) is 29.2 Å². The Labute approximate surface area is 256 Å². The summed E-state index contributed by atoms with van der Waals surface area (Å²) in [7, 11) is -3.54. The topological polar surface area (TPSA) is 164 Å². The SMILES string of the molecule is C[C@@H]1NC(=O)[C@H](C2CC2)OC(=O)CCS(=O)(=O)CC/C=C/c2ccc3ccc(nc3c2)[C@@H](C)NC(=O)[C@@H]2CCCN(N2)C1=O. The molecule has 0 unspecified atom stereocenters. The average molecular weight is 626 g/mol. The molecule has 2 aromatic rings. The van der Waals surface area contributed by atoms with E-state index in [0.717, 1.165) is 16.5 Å². The number of hydrazine groups is 1. The van der Waals surface area contributed by atoms with E-state index in [2.05, 4.69) is 16.1 Å². The third kappa shape index (κ3) is 8.00. The van der Waals surface area contributed by atoms with Crippen LogP contribution in [0.1, 0.15) is 69.7 Å². The van der Waals surface area contributed by atoms with Crippen molar-refractivity contribution in [2.75, 3.05) is 18.1 Å². The van der Waals surface area contributed by atoms with Crippen molar-refractivity contribution >= 4 is 50.5 Å². The number of hydrogen-bond donors (Lipinski definition) is 3. The van der Waals surface area contributed by atoms with Crippen LogP contribution in [-0.4, -0.2) is 78.3 Å². The van der Waals surface area contributed by atoms with Gasteiger partial charge in [0.25, 0.3) is 11.8 Å². The quantitative estimate of drug-likeness (QED) is 0.402. The first-order valence-electron chi connectivity index (χ1n) is 15.1. The maximum absolute atomic E-state index is 13.2. The molecule has 12 nitrogen and oxygen atoms in total. The fourth-order valence-corrected chi connectivity index (χ4v) is 6.56. The third-order valence-electron chi connectivity index (χ3n) is 8.13. The minimum Gasteiger partial charge on any atom is -0.452 e. The zero-order chi connectivity index (χ0) is 31.4. The maximum atomic E-state index is 13.2. The highest BCUT2D eigenvalue weighted by atomic mass is 32.2. The highest BCUT2D eigenvalue weighted by molar-refractivity contribution is 7.91. The number of ether oxygens (including phenoxy) is 1. The van der Waals surface area contributed by atoms with Crippen LogP contribution in [0.3, 0.4) is 0 Å². The Morgan fingerprint density at radius 2 is 1.68 bits per heavy atom. The van der Waals surface area contributed by atoms with Crippen molar-refractivity contribution in [2.24, 2.45) is 5.92 Å². The Bertz CT molecular complexity index is 1570. The summed E-state index contributed by atoms with van der Waals surface area (Å²) in [4.78, 5) is 56.8. The van der Waals surface area contributed by atoms with Crippen molar-refractivity contribution in [2.45, 2.75) is 76.6 Å². The van der Waals surface area contributed by atoms with Gasteiger partial charge in [-0.15, -0.1) is 0 Å². The Morgan fingerprint density at radius 1 is 0.932 bits per heavy atom. The van der Waals surface area contributed by atoms with Gasteiger partial charge in [-0.25, -0.2) is 13.8 Å². The fraction of sp³-hybridized carbons (Fsp3) is 0.516. The smallest absolute Gasteiger partial charge is 0.307 e. The van der Waals surface area contributed by atoms with Gasteiger partial charge in [0.1, 0.15) is 12.1 Å². The number of rotatable bonds is 1. The number of aromatic nitrogens is 1. The second-order valence-corrected chi connectivity index (χ2v) is 14.1. The van der Waals surface area contributed by atoms with Crippen molar-refractivity contribution < 1.29 is 32.3 Å². The molecule has 5 bridgehead atoms. The fourth-order valence-electron chi connectivity index (χ4n) is 5.38. The van der Waals surface area contributed by atoms with Gasteiger partial charge in [0.2, 0.25) is 5.91 Å². The molecule has 236 valence electrons. The molecule has 5 rings (SSSR count). The number of carbonyl (C=O) groups excluding carboxylic acids is 4. The van der Waals surface area contributed by atoms with E-state index in [-0.39, 0.29) is 36.2 Å². The molecule has 2 fully saturated rings. The first-order chi connectivity index (χ1) is 21.0. The number of pyridine rings is 1. The lowest BCUT2D eigenvalue weighted by atomic mass is 10.1. The van der Waals surface area contributed by atoms with Gasteiger partial charge < -0.3 is 15.4 Å². The van der Waals surface area contributed by atoms with Gasteiger partial charge in [-0.05, 0) is 63.6 Å². The lowest BCUT2D eigenvalue weighted by Gasteiger charge is -2.35. The molecule has 3 heterocycles. The number of fused-ring (bicyclic) bond motifs is 4. The van der Waals surface area contributed by atoms with Crippen LogP contribution in [0.5, 0.6) is 0 Å². The largest absolute Gasteiger partial charge is 0.452 e. The summed E-state index contributed by atoms with van der Waals surface area (Å²) in [5.74, 6) is -2.78. The van der Waals surface area contributed by atoms with E-state index >= 15 is 0 Å². The van der Waals surface area contributed by atoms with Crippen LogP contribution in [0.25, 0.3) is 17.0 Å². The molecule has 1 aromatic carbocycles. The molecule has 2 aliphatic heterocycles. The highest BCUT2D eigenvalue weighted by Crippen LogP contribution is 2.35. The molecule has 13 heteroatoms. The van der Waals surface area contributed by atoms with Crippen LogP contribution in [-0.2, 0) is 33.8 Å². The summed E-state index contributed by atoms with van der Waals surface area (Å²) in [6, 6.07) is 7.52. The molecule has 1 aliphatic carbocycles. The number of esters is 1. The summed E-state index contributed by atoms with van der Waals surface area (Å²) in [6.45, 7) is 3.73. The van der Waals surface area contributed by atoms with Crippen molar-refractivity contribution in [3.8, 4) is 0 Å². The Balaban J connectivity index is 1.37. The standard InChI is InChI=1S/C31H39N5O7S/c1-19-24-13-12-22-9-8-21(18-26(22)34-24)6-3-4-16-44(41,42)17-14-27(37)43-28(23-10-11-23)30(39)33-20(2)31(40)36-15-5-7-25(35-36)29(38)32-19/h3,6,8-9,12-13,18-20,23,25,28,35H,4-5,7,10-11,14-17H2,1-2H3,(H,32,38)(H,33,39)/b6-3+/t19-,20+,25+,28+/m1/s1. The molecule has 0 radical (unpaired) electrons. The summed E-state index contributed by atoms with van der Waals surface area (Å²) in [5.41, 5.74) is 5.25. The van der Waals surface area contributed by atoms with Gasteiger partial charge in [0.15, 0.2) is 15.9 Å². The van der Waals surface area contributed by atoms with Crippen molar-refractivity contribution in [3.63, 3.8) is 0 Å². The first kappa shape index (κ1) is 31.6. The zero-order valence-electron chi connectivity index (χ0n) is 25.0. The first-order valence-corrected chi connectivity index (χ1v) is 17.0. The lowest BCUT2D eigenvalue weighted by Crippen LogP contribution is -2.61. The molecule has 0 spiro atoms. The summed E-state index contributed by atoms with van der Waals surface area (Å²) >= 11 is 0. The highest BCUT2D eigenvalue weighted by Gasteiger charge is 2.41. The van der Waals surface area contributed by atoms with E-state index in [1.807, 2.05) is 43.3 Å². The summed E-state index contributed by atoms with van der Waals surface area (Å²) in [6.07, 6.45) is 4.87.